The highest BCUT2D eigenvalue weighted by Crippen LogP contribution is 2.30. The number of halogens is 1. The molecule has 39 heavy (non-hydrogen) atoms. The molecule has 8 nitrogen and oxygen atoms in total. The van der Waals surface area contributed by atoms with Gasteiger partial charge in [-0.2, -0.15) is 0 Å². The third-order valence-corrected chi connectivity index (χ3v) is 7.34. The molecule has 0 aliphatic rings. The van der Waals surface area contributed by atoms with Crippen LogP contribution >= 0.6 is 11.6 Å². The largest absolute Gasteiger partial charge is 0.506 e. The monoisotopic (exact) mass is 542 g/mol. The number of rotatable bonds is 7. The number of aromatic hydroxyl groups is 1. The first kappa shape index (κ1) is 26.1. The van der Waals surface area contributed by atoms with E-state index in [-0.39, 0.29) is 23.3 Å². The summed E-state index contributed by atoms with van der Waals surface area (Å²) >= 11 is 6.11. The minimum Gasteiger partial charge on any atom is -0.506 e. The molecule has 0 radical (unpaired) electrons. The highest BCUT2D eigenvalue weighted by atomic mass is 35.5. The fourth-order valence-electron chi connectivity index (χ4n) is 4.87. The first-order valence-electron chi connectivity index (χ1n) is 12.4. The summed E-state index contributed by atoms with van der Waals surface area (Å²) < 4.78 is 4.64. The number of aryl methyl sites for hydroxylation is 1. The highest BCUT2D eigenvalue weighted by molar-refractivity contribution is 6.30. The molecule has 2 heterocycles. The molecule has 2 N–H and O–H groups in total. The smallest absolute Gasteiger partial charge is 0.295 e. The lowest BCUT2D eigenvalue weighted by atomic mass is 9.96. The van der Waals surface area contributed by atoms with Crippen molar-refractivity contribution < 1.29 is 9.90 Å². The summed E-state index contributed by atoms with van der Waals surface area (Å²) in [7, 11) is 3.35. The number of para-hydroxylation sites is 2. The van der Waals surface area contributed by atoms with Gasteiger partial charge in [0.25, 0.3) is 11.1 Å². The van der Waals surface area contributed by atoms with E-state index < -0.39 is 17.4 Å². The minimum atomic E-state index is -0.691. The van der Waals surface area contributed by atoms with Crippen molar-refractivity contribution in [3.05, 3.63) is 121 Å². The molecule has 0 saturated heterocycles. The molecule has 0 fully saturated rings. The van der Waals surface area contributed by atoms with Crippen LogP contribution in [0.15, 0.2) is 88.5 Å². The van der Waals surface area contributed by atoms with Crippen molar-refractivity contribution >= 4 is 34.0 Å². The quantitative estimate of drug-likeness (QED) is 0.278. The Bertz CT molecular complexity index is 1820. The molecule has 3 aromatic carbocycles. The van der Waals surface area contributed by atoms with E-state index in [1.54, 1.807) is 72.0 Å². The van der Waals surface area contributed by atoms with Crippen LogP contribution in [0.4, 0.5) is 5.69 Å². The van der Waals surface area contributed by atoms with Crippen LogP contribution in [0, 0.1) is 6.92 Å². The molecular weight excluding hydrogens is 516 g/mol. The maximum atomic E-state index is 13.7. The Morgan fingerprint density at radius 3 is 2.26 bits per heavy atom. The molecule has 5 aromatic rings. The van der Waals surface area contributed by atoms with Gasteiger partial charge in [0.15, 0.2) is 5.78 Å². The lowest BCUT2D eigenvalue weighted by molar-refractivity contribution is 0.0972. The van der Waals surface area contributed by atoms with Gasteiger partial charge in [-0.15, -0.1) is 0 Å². The van der Waals surface area contributed by atoms with Crippen LogP contribution in [-0.2, 0) is 14.1 Å². The minimum absolute atomic E-state index is 0.193. The summed E-state index contributed by atoms with van der Waals surface area (Å²) in [5.41, 5.74) is 1.74. The molecule has 198 valence electrons. The van der Waals surface area contributed by atoms with Gasteiger partial charge in [0.1, 0.15) is 17.0 Å². The van der Waals surface area contributed by atoms with Crippen LogP contribution in [0.3, 0.4) is 0 Å². The Kier molecular flexibility index (Phi) is 6.89. The van der Waals surface area contributed by atoms with Crippen molar-refractivity contribution in [3.8, 4) is 11.4 Å². The SMILES string of the molecule is Cc1c(NC(CC(=O)c2c(O)c3ccccc3n(C)c2=O)c2ccc(Cl)cc2)c(=O)n(-c2ccccc2)n1C. The molecule has 9 heteroatoms. The van der Waals surface area contributed by atoms with Crippen molar-refractivity contribution in [2.24, 2.45) is 14.1 Å². The van der Waals surface area contributed by atoms with Gasteiger partial charge in [-0.1, -0.05) is 54.1 Å². The van der Waals surface area contributed by atoms with Gasteiger partial charge < -0.3 is 15.0 Å². The zero-order valence-corrected chi connectivity index (χ0v) is 22.4. The number of Topliss-reactive ketones (excluding diaryl/α,β-unsaturated/α-hetero) is 1. The first-order chi connectivity index (χ1) is 18.7. The van der Waals surface area contributed by atoms with Crippen LogP contribution in [0.25, 0.3) is 16.6 Å². The van der Waals surface area contributed by atoms with E-state index in [9.17, 15) is 19.5 Å². The number of carbonyl (C=O) groups is 1. The summed E-state index contributed by atoms with van der Waals surface area (Å²) in [5, 5.41) is 15.2. The number of hydrogen-bond donors (Lipinski definition) is 2. The molecule has 2 aromatic heterocycles. The second-order valence-corrected chi connectivity index (χ2v) is 9.85. The number of carbonyl (C=O) groups excluding carboxylic acids is 1. The molecule has 0 saturated carbocycles. The number of benzene rings is 3. The van der Waals surface area contributed by atoms with E-state index >= 15 is 0 Å². The molecule has 5 rings (SSSR count). The van der Waals surface area contributed by atoms with Crippen LogP contribution in [0.1, 0.15) is 34.1 Å². The summed E-state index contributed by atoms with van der Waals surface area (Å²) in [6, 6.07) is 22.3. The highest BCUT2D eigenvalue weighted by Gasteiger charge is 2.27. The van der Waals surface area contributed by atoms with Gasteiger partial charge in [-0.25, -0.2) is 4.68 Å². The van der Waals surface area contributed by atoms with Gasteiger partial charge in [0.2, 0.25) is 0 Å². The molecule has 1 atom stereocenters. The third-order valence-electron chi connectivity index (χ3n) is 7.09. The summed E-state index contributed by atoms with van der Waals surface area (Å²) in [6.45, 7) is 1.81. The normalized spacial score (nSPS) is 12.0. The van der Waals surface area contributed by atoms with Crippen LogP contribution < -0.4 is 16.4 Å². The Morgan fingerprint density at radius 2 is 1.56 bits per heavy atom. The average Bonchev–Trinajstić information content (AvgIpc) is 3.15. The maximum absolute atomic E-state index is 13.7. The van der Waals surface area contributed by atoms with Gasteiger partial charge in [-0.3, -0.25) is 19.1 Å². The molecule has 1 unspecified atom stereocenters. The van der Waals surface area contributed by atoms with E-state index in [2.05, 4.69) is 5.32 Å². The molecular formula is C30H27ClN4O4. The number of fused-ring (bicyclic) bond motifs is 1. The Hall–Kier alpha value is -4.56. The van der Waals surface area contributed by atoms with E-state index in [1.807, 2.05) is 37.3 Å². The molecule has 0 spiro atoms. The molecule has 0 bridgehead atoms. The Balaban J connectivity index is 1.58. The van der Waals surface area contributed by atoms with Crippen LogP contribution in [-0.4, -0.2) is 24.8 Å². The fraction of sp³-hybridized carbons (Fsp3) is 0.167. The summed E-state index contributed by atoms with van der Waals surface area (Å²) in [4.78, 5) is 40.4. The zero-order valence-electron chi connectivity index (χ0n) is 21.7. The van der Waals surface area contributed by atoms with E-state index in [1.165, 1.54) is 4.57 Å². The van der Waals surface area contributed by atoms with Gasteiger partial charge >= 0.3 is 0 Å². The van der Waals surface area contributed by atoms with Gasteiger partial charge in [-0.05, 0) is 48.9 Å². The van der Waals surface area contributed by atoms with E-state index in [4.69, 9.17) is 11.6 Å². The number of anilines is 1. The maximum Gasteiger partial charge on any atom is 0.295 e. The van der Waals surface area contributed by atoms with E-state index in [0.29, 0.717) is 38.6 Å². The number of nitrogens with zero attached hydrogens (tertiary/aromatic N) is 3. The number of hydrogen-bond acceptors (Lipinski definition) is 5. The Labute approximate surface area is 229 Å². The number of ketones is 1. The molecule has 0 aliphatic carbocycles. The molecule has 0 aliphatic heterocycles. The zero-order chi connectivity index (χ0) is 27.8. The topological polar surface area (TPSA) is 98.3 Å². The van der Waals surface area contributed by atoms with Gasteiger partial charge in [0, 0.05) is 30.9 Å². The second kappa shape index (κ2) is 10.3. The average molecular weight is 543 g/mol. The Morgan fingerprint density at radius 1 is 0.923 bits per heavy atom. The predicted molar refractivity (Wildman–Crippen MR) is 153 cm³/mol. The first-order valence-corrected chi connectivity index (χ1v) is 12.8. The van der Waals surface area contributed by atoms with E-state index in [0.717, 1.165) is 0 Å². The second-order valence-electron chi connectivity index (χ2n) is 9.42. The fourth-order valence-corrected chi connectivity index (χ4v) is 5.00. The van der Waals surface area contributed by atoms with Crippen molar-refractivity contribution in [1.82, 2.24) is 13.9 Å². The number of pyridine rings is 1. The lowest BCUT2D eigenvalue weighted by Gasteiger charge is -2.20. The summed E-state index contributed by atoms with van der Waals surface area (Å²) in [5.74, 6) is -0.904. The lowest BCUT2D eigenvalue weighted by Crippen LogP contribution is -2.27. The van der Waals surface area contributed by atoms with Crippen molar-refractivity contribution in [1.29, 1.82) is 0 Å². The van der Waals surface area contributed by atoms with Crippen molar-refractivity contribution in [2.75, 3.05) is 5.32 Å². The predicted octanol–water partition coefficient (Wildman–Crippen LogP) is 5.12. The standard InChI is InChI=1S/C30H27ClN4O4/c1-18-27(30(39)35(34(18)3)21-9-5-4-6-10-21)32-23(19-13-15-20(31)16-14-19)17-25(36)26-28(37)22-11-7-8-12-24(22)33(2)29(26)38/h4-16,23,32,37H,17H2,1-3H3. The van der Waals surface area contributed by atoms with Crippen LogP contribution in [0.2, 0.25) is 5.02 Å². The number of nitrogens with one attached hydrogen (secondary N) is 1. The number of aromatic nitrogens is 3. The molecule has 0 amide bonds. The van der Waals surface area contributed by atoms with Gasteiger partial charge in [0.05, 0.1) is 22.9 Å². The third kappa shape index (κ3) is 4.64. The van der Waals surface area contributed by atoms with Crippen LogP contribution in [0.5, 0.6) is 5.75 Å². The van der Waals surface area contributed by atoms with Crippen molar-refractivity contribution in [2.45, 2.75) is 19.4 Å². The van der Waals surface area contributed by atoms with Crippen molar-refractivity contribution in [3.63, 3.8) is 0 Å². The summed E-state index contributed by atoms with van der Waals surface area (Å²) in [6.07, 6.45) is -0.193.